The SMILES string of the molecule is O=C(O)Cn1cc(S(=O)(=O)Nc2cc(Cl)ccc2F)cn1. The molecule has 2 aromatic rings. The van der Waals surface area contributed by atoms with Gasteiger partial charge in [0, 0.05) is 11.2 Å². The zero-order chi connectivity index (χ0) is 15.6. The van der Waals surface area contributed by atoms with Crippen LogP contribution in [0.25, 0.3) is 0 Å². The normalized spacial score (nSPS) is 11.3. The summed E-state index contributed by atoms with van der Waals surface area (Å²) < 4.78 is 40.6. The van der Waals surface area contributed by atoms with Crippen LogP contribution in [0.15, 0.2) is 35.5 Å². The first kappa shape index (κ1) is 15.3. The highest BCUT2D eigenvalue weighted by molar-refractivity contribution is 7.92. The minimum absolute atomic E-state index is 0.163. The average Bonchev–Trinajstić information content (AvgIpc) is 2.82. The first-order valence-corrected chi connectivity index (χ1v) is 7.36. The summed E-state index contributed by atoms with van der Waals surface area (Å²) in [7, 11) is -4.09. The minimum atomic E-state index is -4.09. The molecule has 1 aromatic heterocycles. The molecule has 0 saturated carbocycles. The van der Waals surface area contributed by atoms with Crippen LogP contribution in [-0.2, 0) is 21.4 Å². The number of hydrogen-bond donors (Lipinski definition) is 2. The van der Waals surface area contributed by atoms with Crippen molar-refractivity contribution in [3.63, 3.8) is 0 Å². The molecule has 0 unspecified atom stereocenters. The number of hydrogen-bond acceptors (Lipinski definition) is 4. The predicted molar refractivity (Wildman–Crippen MR) is 72.1 cm³/mol. The van der Waals surface area contributed by atoms with Crippen molar-refractivity contribution >= 4 is 33.3 Å². The Morgan fingerprint density at radius 1 is 1.48 bits per heavy atom. The maximum absolute atomic E-state index is 13.5. The molecule has 0 aliphatic rings. The van der Waals surface area contributed by atoms with E-state index in [-0.39, 0.29) is 15.6 Å². The summed E-state index contributed by atoms with van der Waals surface area (Å²) >= 11 is 5.67. The van der Waals surface area contributed by atoms with Crippen LogP contribution >= 0.6 is 11.6 Å². The number of rotatable bonds is 5. The first-order chi connectivity index (χ1) is 9.78. The summed E-state index contributed by atoms with van der Waals surface area (Å²) in [6.07, 6.45) is 1.99. The van der Waals surface area contributed by atoms with Gasteiger partial charge in [-0.2, -0.15) is 5.10 Å². The molecule has 0 aliphatic carbocycles. The standard InChI is InChI=1S/C11H9ClFN3O4S/c12-7-1-2-9(13)10(3-7)15-21(19,20)8-4-14-16(5-8)6-11(17)18/h1-5,15H,6H2,(H,17,18). The molecule has 0 atom stereocenters. The van der Waals surface area contributed by atoms with Gasteiger partial charge in [0.05, 0.1) is 11.9 Å². The number of nitrogens with zero attached hydrogens (tertiary/aromatic N) is 2. The van der Waals surface area contributed by atoms with Gasteiger partial charge in [-0.05, 0) is 18.2 Å². The zero-order valence-electron chi connectivity index (χ0n) is 10.3. The van der Waals surface area contributed by atoms with Gasteiger partial charge in [-0.25, -0.2) is 12.8 Å². The molecule has 0 aliphatic heterocycles. The highest BCUT2D eigenvalue weighted by Gasteiger charge is 2.19. The van der Waals surface area contributed by atoms with Gasteiger partial charge in [0.25, 0.3) is 10.0 Å². The fourth-order valence-corrected chi connectivity index (χ4v) is 2.67. The van der Waals surface area contributed by atoms with Crippen LogP contribution in [0.3, 0.4) is 0 Å². The summed E-state index contributed by atoms with van der Waals surface area (Å²) in [5.41, 5.74) is -0.312. The second kappa shape index (κ2) is 5.70. The highest BCUT2D eigenvalue weighted by atomic mass is 35.5. The molecule has 1 aromatic carbocycles. The Kier molecular flexibility index (Phi) is 4.14. The monoisotopic (exact) mass is 333 g/mol. The van der Waals surface area contributed by atoms with E-state index in [0.29, 0.717) is 0 Å². The van der Waals surface area contributed by atoms with E-state index in [9.17, 15) is 17.6 Å². The molecule has 21 heavy (non-hydrogen) atoms. The fraction of sp³-hybridized carbons (Fsp3) is 0.0909. The van der Waals surface area contributed by atoms with E-state index < -0.39 is 28.4 Å². The Hall–Kier alpha value is -2.13. The maximum Gasteiger partial charge on any atom is 0.325 e. The third-order valence-corrected chi connectivity index (χ3v) is 3.95. The smallest absolute Gasteiger partial charge is 0.325 e. The highest BCUT2D eigenvalue weighted by Crippen LogP contribution is 2.22. The van der Waals surface area contributed by atoms with Gasteiger partial charge in [-0.15, -0.1) is 0 Å². The van der Waals surface area contributed by atoms with E-state index in [1.54, 1.807) is 0 Å². The topological polar surface area (TPSA) is 101 Å². The van der Waals surface area contributed by atoms with Gasteiger partial charge in [0.1, 0.15) is 17.3 Å². The van der Waals surface area contributed by atoms with Gasteiger partial charge in [-0.1, -0.05) is 11.6 Å². The Bertz CT molecular complexity index is 791. The number of carboxylic acids is 1. The predicted octanol–water partition coefficient (Wildman–Crippen LogP) is 1.56. The van der Waals surface area contributed by atoms with Crippen LogP contribution < -0.4 is 4.72 Å². The number of aliphatic carboxylic acids is 1. The van der Waals surface area contributed by atoms with Crippen LogP contribution in [0.5, 0.6) is 0 Å². The summed E-state index contributed by atoms with van der Waals surface area (Å²) in [5, 5.41) is 12.4. The van der Waals surface area contributed by atoms with Crippen molar-refractivity contribution in [1.29, 1.82) is 0 Å². The number of halogens is 2. The minimum Gasteiger partial charge on any atom is -0.480 e. The van der Waals surface area contributed by atoms with E-state index in [1.165, 1.54) is 6.07 Å². The molecule has 0 amide bonds. The fourth-order valence-electron chi connectivity index (χ4n) is 1.49. The Labute approximate surface area is 124 Å². The van der Waals surface area contributed by atoms with E-state index in [2.05, 4.69) is 5.10 Å². The summed E-state index contributed by atoms with van der Waals surface area (Å²) in [6, 6.07) is 3.42. The van der Waals surface area contributed by atoms with Gasteiger partial charge < -0.3 is 5.11 Å². The number of aromatic nitrogens is 2. The van der Waals surface area contributed by atoms with Crippen molar-refractivity contribution in [3.05, 3.63) is 41.4 Å². The van der Waals surface area contributed by atoms with Crippen molar-refractivity contribution in [3.8, 4) is 0 Å². The zero-order valence-corrected chi connectivity index (χ0v) is 11.9. The molecular formula is C11H9ClFN3O4S. The number of nitrogens with one attached hydrogen (secondary N) is 1. The molecule has 0 spiro atoms. The second-order valence-corrected chi connectivity index (χ2v) is 6.12. The Morgan fingerprint density at radius 3 is 2.86 bits per heavy atom. The molecule has 1 heterocycles. The van der Waals surface area contributed by atoms with Crippen LogP contribution in [0.2, 0.25) is 5.02 Å². The lowest BCUT2D eigenvalue weighted by Gasteiger charge is -2.07. The summed E-state index contributed by atoms with van der Waals surface area (Å²) in [4.78, 5) is 10.2. The van der Waals surface area contributed by atoms with Crippen molar-refractivity contribution in [2.75, 3.05) is 4.72 Å². The molecule has 10 heteroatoms. The van der Waals surface area contributed by atoms with Crippen LogP contribution in [-0.4, -0.2) is 29.3 Å². The third kappa shape index (κ3) is 3.70. The molecule has 2 rings (SSSR count). The molecular weight excluding hydrogens is 325 g/mol. The van der Waals surface area contributed by atoms with E-state index in [4.69, 9.17) is 16.7 Å². The van der Waals surface area contributed by atoms with E-state index in [0.717, 1.165) is 29.2 Å². The molecule has 0 radical (unpaired) electrons. The summed E-state index contributed by atoms with van der Waals surface area (Å²) in [6.45, 7) is -0.485. The molecule has 0 fully saturated rings. The van der Waals surface area contributed by atoms with Gasteiger partial charge in [0.15, 0.2) is 0 Å². The summed E-state index contributed by atoms with van der Waals surface area (Å²) in [5.74, 6) is -1.96. The van der Waals surface area contributed by atoms with E-state index >= 15 is 0 Å². The number of carboxylic acid groups (broad SMARTS) is 1. The Balaban J connectivity index is 2.28. The molecule has 0 bridgehead atoms. The number of anilines is 1. The molecule has 0 saturated heterocycles. The lowest BCUT2D eigenvalue weighted by molar-refractivity contribution is -0.137. The molecule has 2 N–H and O–H groups in total. The van der Waals surface area contributed by atoms with Crippen molar-refractivity contribution in [2.24, 2.45) is 0 Å². The number of carbonyl (C=O) groups is 1. The third-order valence-electron chi connectivity index (χ3n) is 2.39. The van der Waals surface area contributed by atoms with Gasteiger partial charge in [0.2, 0.25) is 0 Å². The largest absolute Gasteiger partial charge is 0.480 e. The second-order valence-electron chi connectivity index (χ2n) is 4.00. The average molecular weight is 334 g/mol. The number of benzene rings is 1. The van der Waals surface area contributed by atoms with Gasteiger partial charge >= 0.3 is 5.97 Å². The van der Waals surface area contributed by atoms with Crippen molar-refractivity contribution in [1.82, 2.24) is 9.78 Å². The first-order valence-electron chi connectivity index (χ1n) is 5.50. The van der Waals surface area contributed by atoms with Crippen molar-refractivity contribution < 1.29 is 22.7 Å². The van der Waals surface area contributed by atoms with Crippen LogP contribution in [0, 0.1) is 5.82 Å². The van der Waals surface area contributed by atoms with Crippen molar-refractivity contribution in [2.45, 2.75) is 11.4 Å². The van der Waals surface area contributed by atoms with Crippen LogP contribution in [0.1, 0.15) is 0 Å². The lowest BCUT2D eigenvalue weighted by atomic mass is 10.3. The maximum atomic E-state index is 13.5. The lowest BCUT2D eigenvalue weighted by Crippen LogP contribution is -2.14. The van der Waals surface area contributed by atoms with E-state index in [1.807, 2.05) is 4.72 Å². The molecule has 7 nitrogen and oxygen atoms in total. The quantitative estimate of drug-likeness (QED) is 0.864. The number of sulfonamides is 1. The van der Waals surface area contributed by atoms with Crippen LogP contribution in [0.4, 0.5) is 10.1 Å². The Morgan fingerprint density at radius 2 is 2.19 bits per heavy atom. The van der Waals surface area contributed by atoms with Gasteiger partial charge in [-0.3, -0.25) is 14.2 Å². The molecule has 112 valence electrons.